The highest BCUT2D eigenvalue weighted by atomic mass is 16.3. The van der Waals surface area contributed by atoms with E-state index in [2.05, 4.69) is 10.9 Å². The van der Waals surface area contributed by atoms with Crippen LogP contribution in [0, 0.1) is 0 Å². The van der Waals surface area contributed by atoms with Gasteiger partial charge in [-0.1, -0.05) is 48.5 Å². The molecule has 152 valence electrons. The Morgan fingerprint density at radius 1 is 0.900 bits per heavy atom. The summed E-state index contributed by atoms with van der Waals surface area (Å²) >= 11 is 0. The van der Waals surface area contributed by atoms with Crippen molar-refractivity contribution in [1.82, 2.24) is 15.8 Å². The van der Waals surface area contributed by atoms with Gasteiger partial charge in [-0.3, -0.25) is 25.2 Å². The molecule has 0 bridgehead atoms. The van der Waals surface area contributed by atoms with E-state index in [1.165, 1.54) is 4.90 Å². The topological polar surface area (TPSA) is 98.7 Å². The number of carbonyl (C=O) groups excluding carboxylic acids is 3. The molecule has 1 atom stereocenters. The summed E-state index contributed by atoms with van der Waals surface area (Å²) in [6.45, 7) is 0.399. The zero-order valence-corrected chi connectivity index (χ0v) is 16.2. The fourth-order valence-corrected chi connectivity index (χ4v) is 3.73. The van der Waals surface area contributed by atoms with Gasteiger partial charge in [-0.05, 0) is 36.4 Å². The van der Waals surface area contributed by atoms with Crippen LogP contribution in [-0.2, 0) is 4.79 Å². The Bertz CT molecular complexity index is 1110. The monoisotopic (exact) mass is 403 g/mol. The fraction of sp³-hybridized carbons (Fsp3) is 0.174. The first-order valence-electron chi connectivity index (χ1n) is 9.73. The third kappa shape index (κ3) is 3.69. The van der Waals surface area contributed by atoms with Crippen molar-refractivity contribution in [1.29, 1.82) is 0 Å². The van der Waals surface area contributed by atoms with Crippen molar-refractivity contribution in [3.63, 3.8) is 0 Å². The summed E-state index contributed by atoms with van der Waals surface area (Å²) in [5.74, 6) is -1.41. The minimum Gasteiger partial charge on any atom is -0.506 e. The number of hydrazine groups is 1. The largest absolute Gasteiger partial charge is 0.506 e. The van der Waals surface area contributed by atoms with Gasteiger partial charge in [0.2, 0.25) is 0 Å². The number of amides is 3. The number of fused-ring (bicyclic) bond motifs is 1. The highest BCUT2D eigenvalue weighted by molar-refractivity contribution is 6.05. The van der Waals surface area contributed by atoms with Gasteiger partial charge in [0.25, 0.3) is 17.7 Å². The van der Waals surface area contributed by atoms with Crippen molar-refractivity contribution in [2.45, 2.75) is 18.9 Å². The van der Waals surface area contributed by atoms with Gasteiger partial charge in [0.05, 0.1) is 5.56 Å². The van der Waals surface area contributed by atoms with E-state index in [9.17, 15) is 19.5 Å². The standard InChI is InChI=1S/C23H21N3O4/c27-20-17-10-5-4-7-15(17)12-13-18(20)23(30)26-14-6-11-19(26)22(29)25-24-21(28)16-8-2-1-3-9-16/h1-5,7-10,12-13,19,27H,6,11,14H2,(H,24,28)(H,25,29). The number of nitrogens with one attached hydrogen (secondary N) is 2. The van der Waals surface area contributed by atoms with E-state index in [1.807, 2.05) is 12.1 Å². The van der Waals surface area contributed by atoms with Crippen LogP contribution in [0.2, 0.25) is 0 Å². The van der Waals surface area contributed by atoms with Gasteiger partial charge in [0.15, 0.2) is 0 Å². The summed E-state index contributed by atoms with van der Waals surface area (Å²) < 4.78 is 0. The van der Waals surface area contributed by atoms with Crippen LogP contribution >= 0.6 is 0 Å². The summed E-state index contributed by atoms with van der Waals surface area (Å²) in [7, 11) is 0. The number of hydrogen-bond acceptors (Lipinski definition) is 4. The molecule has 3 aromatic rings. The van der Waals surface area contributed by atoms with Gasteiger partial charge in [-0.25, -0.2) is 0 Å². The maximum absolute atomic E-state index is 13.1. The number of phenolic OH excluding ortho intramolecular Hbond substituents is 1. The molecule has 3 N–H and O–H groups in total. The predicted octanol–water partition coefficient (Wildman–Crippen LogP) is 2.61. The van der Waals surface area contributed by atoms with E-state index < -0.39 is 23.8 Å². The molecule has 4 rings (SSSR count). The molecule has 0 saturated carbocycles. The van der Waals surface area contributed by atoms with Gasteiger partial charge in [0, 0.05) is 17.5 Å². The zero-order valence-electron chi connectivity index (χ0n) is 16.2. The summed E-state index contributed by atoms with van der Waals surface area (Å²) in [6, 6.07) is 18.4. The summed E-state index contributed by atoms with van der Waals surface area (Å²) in [6.07, 6.45) is 1.14. The molecular weight excluding hydrogens is 382 g/mol. The summed E-state index contributed by atoms with van der Waals surface area (Å²) in [5.41, 5.74) is 5.36. The lowest BCUT2D eigenvalue weighted by molar-refractivity contribution is -0.125. The van der Waals surface area contributed by atoms with E-state index in [-0.39, 0.29) is 11.3 Å². The van der Waals surface area contributed by atoms with Crippen LogP contribution in [0.4, 0.5) is 0 Å². The molecule has 1 aliphatic heterocycles. The van der Waals surface area contributed by atoms with Gasteiger partial charge >= 0.3 is 0 Å². The van der Waals surface area contributed by atoms with Crippen LogP contribution in [0.15, 0.2) is 66.7 Å². The van der Waals surface area contributed by atoms with Crippen molar-refractivity contribution in [2.24, 2.45) is 0 Å². The predicted molar refractivity (Wildman–Crippen MR) is 112 cm³/mol. The van der Waals surface area contributed by atoms with Crippen LogP contribution in [-0.4, -0.2) is 40.3 Å². The second-order valence-corrected chi connectivity index (χ2v) is 7.15. The highest BCUT2D eigenvalue weighted by Crippen LogP contribution is 2.31. The molecule has 1 aliphatic rings. The summed E-state index contributed by atoms with van der Waals surface area (Å²) in [4.78, 5) is 39.3. The van der Waals surface area contributed by atoms with Crippen molar-refractivity contribution in [2.75, 3.05) is 6.54 Å². The van der Waals surface area contributed by atoms with Crippen molar-refractivity contribution in [3.05, 3.63) is 77.9 Å². The first-order valence-corrected chi connectivity index (χ1v) is 9.73. The number of phenols is 1. The number of likely N-dealkylation sites (tertiary alicyclic amines) is 1. The van der Waals surface area contributed by atoms with Crippen LogP contribution in [0.5, 0.6) is 5.75 Å². The molecule has 0 aromatic heterocycles. The maximum Gasteiger partial charge on any atom is 0.269 e. The molecule has 1 heterocycles. The van der Waals surface area contributed by atoms with Crippen LogP contribution in [0.1, 0.15) is 33.6 Å². The van der Waals surface area contributed by atoms with E-state index in [0.717, 1.165) is 5.39 Å². The highest BCUT2D eigenvalue weighted by Gasteiger charge is 2.35. The first kappa shape index (κ1) is 19.4. The van der Waals surface area contributed by atoms with Crippen LogP contribution < -0.4 is 10.9 Å². The number of aromatic hydroxyl groups is 1. The molecule has 0 aliphatic carbocycles. The van der Waals surface area contributed by atoms with E-state index in [1.54, 1.807) is 54.6 Å². The van der Waals surface area contributed by atoms with Gasteiger partial charge in [-0.2, -0.15) is 0 Å². The van der Waals surface area contributed by atoms with E-state index in [0.29, 0.717) is 30.3 Å². The molecule has 3 aromatic carbocycles. The van der Waals surface area contributed by atoms with Gasteiger partial charge in [0.1, 0.15) is 11.8 Å². The number of rotatable bonds is 3. The van der Waals surface area contributed by atoms with E-state index in [4.69, 9.17) is 0 Å². The summed E-state index contributed by atoms with van der Waals surface area (Å²) in [5, 5.41) is 12.0. The van der Waals surface area contributed by atoms with E-state index >= 15 is 0 Å². The molecule has 3 amide bonds. The molecule has 1 unspecified atom stereocenters. The normalized spacial score (nSPS) is 15.7. The van der Waals surface area contributed by atoms with Crippen molar-refractivity contribution < 1.29 is 19.5 Å². The molecule has 7 nitrogen and oxygen atoms in total. The number of nitrogens with zero attached hydrogens (tertiary/aromatic N) is 1. The van der Waals surface area contributed by atoms with Crippen molar-refractivity contribution >= 4 is 28.5 Å². The molecule has 30 heavy (non-hydrogen) atoms. The number of benzene rings is 3. The lowest BCUT2D eigenvalue weighted by Gasteiger charge is -2.24. The lowest BCUT2D eigenvalue weighted by Crippen LogP contribution is -2.51. The Kier molecular flexibility index (Phi) is 5.34. The van der Waals surface area contributed by atoms with Crippen LogP contribution in [0.25, 0.3) is 10.8 Å². The second kappa shape index (κ2) is 8.24. The average molecular weight is 403 g/mol. The Hall–Kier alpha value is -3.87. The quantitative estimate of drug-likeness (QED) is 0.586. The Morgan fingerprint density at radius 2 is 1.63 bits per heavy atom. The van der Waals surface area contributed by atoms with Crippen molar-refractivity contribution in [3.8, 4) is 5.75 Å². The molecule has 7 heteroatoms. The van der Waals surface area contributed by atoms with Gasteiger partial charge in [-0.15, -0.1) is 0 Å². The number of carbonyl (C=O) groups is 3. The zero-order chi connectivity index (χ0) is 21.1. The Balaban J connectivity index is 1.48. The minimum absolute atomic E-state index is 0.0958. The third-order valence-corrected chi connectivity index (χ3v) is 5.28. The molecule has 0 spiro atoms. The molecule has 1 fully saturated rings. The SMILES string of the molecule is O=C(NNC(=O)C1CCCN1C(=O)c1ccc2ccccc2c1O)c1ccccc1. The maximum atomic E-state index is 13.1. The second-order valence-electron chi connectivity index (χ2n) is 7.15. The Morgan fingerprint density at radius 3 is 2.43 bits per heavy atom. The van der Waals surface area contributed by atoms with Crippen LogP contribution in [0.3, 0.4) is 0 Å². The Labute approximate surface area is 173 Å². The number of hydrogen-bond donors (Lipinski definition) is 3. The lowest BCUT2D eigenvalue weighted by atomic mass is 10.0. The minimum atomic E-state index is -0.723. The molecular formula is C23H21N3O4. The third-order valence-electron chi connectivity index (χ3n) is 5.28. The van der Waals surface area contributed by atoms with Gasteiger partial charge < -0.3 is 10.0 Å². The molecule has 1 saturated heterocycles. The fourth-order valence-electron chi connectivity index (χ4n) is 3.73. The smallest absolute Gasteiger partial charge is 0.269 e. The average Bonchev–Trinajstić information content (AvgIpc) is 3.28. The molecule has 0 radical (unpaired) electrons. The first-order chi connectivity index (χ1) is 14.6.